The number of rotatable bonds is 6. The Kier molecular flexibility index (Phi) is 5.42. The molecule has 1 aliphatic rings. The Labute approximate surface area is 120 Å². The predicted octanol–water partition coefficient (Wildman–Crippen LogP) is -0.0142. The fourth-order valence-electron chi connectivity index (χ4n) is 2.59. The maximum atomic E-state index is 9.44. The molecule has 0 spiro atoms. The molecule has 110 valence electrons. The van der Waals surface area contributed by atoms with Crippen LogP contribution in [0.25, 0.3) is 0 Å². The number of hydrogen-bond donors (Lipinski definition) is 2. The predicted molar refractivity (Wildman–Crippen MR) is 78.1 cm³/mol. The zero-order valence-electron chi connectivity index (χ0n) is 12.1. The third-order valence-electron chi connectivity index (χ3n) is 3.61. The van der Waals surface area contributed by atoms with Crippen LogP contribution in [-0.4, -0.2) is 55.5 Å². The van der Waals surface area contributed by atoms with Gasteiger partial charge in [-0.1, -0.05) is 6.07 Å². The van der Waals surface area contributed by atoms with E-state index in [1.807, 2.05) is 13.1 Å². The van der Waals surface area contributed by atoms with E-state index in [0.29, 0.717) is 12.0 Å². The van der Waals surface area contributed by atoms with Gasteiger partial charge in [-0.3, -0.25) is 4.90 Å². The monoisotopic (exact) mass is 279 g/mol. The van der Waals surface area contributed by atoms with Gasteiger partial charge < -0.3 is 19.5 Å². The van der Waals surface area contributed by atoms with E-state index < -0.39 is 7.12 Å². The number of ether oxygens (including phenoxy) is 2. The van der Waals surface area contributed by atoms with Crippen molar-refractivity contribution in [3.8, 4) is 5.75 Å². The molecule has 6 heteroatoms. The molecule has 1 heterocycles. The number of likely N-dealkylation sites (N-methyl/N-ethyl adjacent to an activating group) is 1. The first-order valence-corrected chi connectivity index (χ1v) is 6.93. The Morgan fingerprint density at radius 3 is 2.85 bits per heavy atom. The second kappa shape index (κ2) is 7.08. The van der Waals surface area contributed by atoms with Crippen molar-refractivity contribution in [1.82, 2.24) is 4.90 Å². The first-order chi connectivity index (χ1) is 9.60. The highest BCUT2D eigenvalue weighted by Gasteiger charge is 2.20. The van der Waals surface area contributed by atoms with Crippen LogP contribution in [0.1, 0.15) is 18.4 Å². The van der Waals surface area contributed by atoms with Gasteiger partial charge in [0.05, 0.1) is 13.2 Å². The molecule has 0 bridgehead atoms. The zero-order valence-corrected chi connectivity index (χ0v) is 12.1. The molecular formula is C14H22BNO4. The van der Waals surface area contributed by atoms with Crippen molar-refractivity contribution in [2.24, 2.45) is 0 Å². The Bertz CT molecular complexity index is 435. The second-order valence-electron chi connectivity index (χ2n) is 5.27. The summed E-state index contributed by atoms with van der Waals surface area (Å²) in [5, 5.41) is 18.9. The van der Waals surface area contributed by atoms with Gasteiger partial charge in [0.25, 0.3) is 0 Å². The smallest absolute Gasteiger partial charge is 0.488 e. The third kappa shape index (κ3) is 3.96. The molecule has 2 N–H and O–H groups in total. The van der Waals surface area contributed by atoms with Gasteiger partial charge >= 0.3 is 7.12 Å². The average Bonchev–Trinajstić information content (AvgIpc) is 2.90. The Hall–Kier alpha value is -1.08. The van der Waals surface area contributed by atoms with Gasteiger partial charge in [0.15, 0.2) is 0 Å². The summed E-state index contributed by atoms with van der Waals surface area (Å²) in [4.78, 5) is 2.14. The normalized spacial score (nSPS) is 18.6. The summed E-state index contributed by atoms with van der Waals surface area (Å²) in [6, 6.07) is 5.28. The molecule has 1 unspecified atom stereocenters. The van der Waals surface area contributed by atoms with Crippen LogP contribution >= 0.6 is 0 Å². The highest BCUT2D eigenvalue weighted by molar-refractivity contribution is 6.59. The van der Waals surface area contributed by atoms with Crippen LogP contribution in [0.3, 0.4) is 0 Å². The summed E-state index contributed by atoms with van der Waals surface area (Å²) in [5.74, 6) is 0.718. The molecule has 1 aliphatic heterocycles. The first kappa shape index (κ1) is 15.3. The molecule has 0 radical (unpaired) electrons. The molecule has 20 heavy (non-hydrogen) atoms. The molecule has 1 saturated heterocycles. The van der Waals surface area contributed by atoms with E-state index in [1.165, 1.54) is 0 Å². The van der Waals surface area contributed by atoms with E-state index in [0.717, 1.165) is 37.3 Å². The standard InChI is InChI=1S/C14H22BNO4/c1-16(10-13-4-3-7-20-13)9-11-8-12(19-2)5-6-14(11)15(17)18/h5-6,8,13,17-18H,3-4,7,9-10H2,1-2H3. The number of hydrogen-bond acceptors (Lipinski definition) is 5. The summed E-state index contributed by atoms with van der Waals surface area (Å²) in [7, 11) is 2.14. The van der Waals surface area contributed by atoms with Crippen molar-refractivity contribution in [2.75, 3.05) is 27.3 Å². The van der Waals surface area contributed by atoms with E-state index >= 15 is 0 Å². The Balaban J connectivity index is 2.05. The molecule has 1 aromatic carbocycles. The minimum Gasteiger partial charge on any atom is -0.497 e. The molecule has 0 aliphatic carbocycles. The van der Waals surface area contributed by atoms with Gasteiger partial charge in [0.2, 0.25) is 0 Å². The van der Waals surface area contributed by atoms with Crippen LogP contribution in [0.15, 0.2) is 18.2 Å². The van der Waals surface area contributed by atoms with Crippen molar-refractivity contribution in [1.29, 1.82) is 0 Å². The van der Waals surface area contributed by atoms with Crippen LogP contribution in [0, 0.1) is 0 Å². The quantitative estimate of drug-likeness (QED) is 0.717. The van der Waals surface area contributed by atoms with Crippen molar-refractivity contribution in [2.45, 2.75) is 25.5 Å². The lowest BCUT2D eigenvalue weighted by atomic mass is 9.77. The molecule has 0 saturated carbocycles. The summed E-state index contributed by atoms with van der Waals surface area (Å²) in [5.41, 5.74) is 1.38. The van der Waals surface area contributed by atoms with Gasteiger partial charge in [-0.2, -0.15) is 0 Å². The van der Waals surface area contributed by atoms with Crippen molar-refractivity contribution >= 4 is 12.6 Å². The molecular weight excluding hydrogens is 257 g/mol. The van der Waals surface area contributed by atoms with Gasteiger partial charge in [0, 0.05) is 19.7 Å². The van der Waals surface area contributed by atoms with E-state index in [2.05, 4.69) is 4.90 Å². The molecule has 0 amide bonds. The van der Waals surface area contributed by atoms with Crippen LogP contribution in [0.5, 0.6) is 5.75 Å². The van der Waals surface area contributed by atoms with Crippen LogP contribution in [-0.2, 0) is 11.3 Å². The molecule has 1 atom stereocenters. The lowest BCUT2D eigenvalue weighted by Crippen LogP contribution is -2.36. The van der Waals surface area contributed by atoms with E-state index in [1.54, 1.807) is 19.2 Å². The topological polar surface area (TPSA) is 62.2 Å². The van der Waals surface area contributed by atoms with Gasteiger partial charge in [-0.15, -0.1) is 0 Å². The number of benzene rings is 1. The van der Waals surface area contributed by atoms with Crippen molar-refractivity contribution in [3.05, 3.63) is 23.8 Å². The van der Waals surface area contributed by atoms with E-state index in [-0.39, 0.29) is 6.10 Å². The van der Waals surface area contributed by atoms with Crippen LogP contribution in [0.2, 0.25) is 0 Å². The van der Waals surface area contributed by atoms with Crippen molar-refractivity contribution < 1.29 is 19.5 Å². The molecule has 5 nitrogen and oxygen atoms in total. The lowest BCUT2D eigenvalue weighted by Gasteiger charge is -2.22. The minimum atomic E-state index is -1.47. The fourth-order valence-corrected chi connectivity index (χ4v) is 2.59. The molecule has 1 fully saturated rings. The van der Waals surface area contributed by atoms with E-state index in [9.17, 15) is 10.0 Å². The summed E-state index contributed by atoms with van der Waals surface area (Å²) in [6.07, 6.45) is 2.50. The summed E-state index contributed by atoms with van der Waals surface area (Å²) in [6.45, 7) is 2.32. The van der Waals surface area contributed by atoms with Gasteiger partial charge in [-0.25, -0.2) is 0 Å². The minimum absolute atomic E-state index is 0.285. The van der Waals surface area contributed by atoms with Gasteiger partial charge in [-0.05, 0) is 43.0 Å². The highest BCUT2D eigenvalue weighted by atomic mass is 16.5. The first-order valence-electron chi connectivity index (χ1n) is 6.93. The largest absolute Gasteiger partial charge is 0.497 e. The molecule has 1 aromatic rings. The maximum Gasteiger partial charge on any atom is 0.488 e. The molecule has 0 aromatic heterocycles. The highest BCUT2D eigenvalue weighted by Crippen LogP contribution is 2.16. The Morgan fingerprint density at radius 1 is 1.45 bits per heavy atom. The maximum absolute atomic E-state index is 9.44. The van der Waals surface area contributed by atoms with E-state index in [4.69, 9.17) is 9.47 Å². The summed E-state index contributed by atoms with van der Waals surface area (Å²) < 4.78 is 10.8. The lowest BCUT2D eigenvalue weighted by molar-refractivity contribution is 0.0793. The second-order valence-corrected chi connectivity index (χ2v) is 5.27. The summed E-state index contributed by atoms with van der Waals surface area (Å²) >= 11 is 0. The van der Waals surface area contributed by atoms with Crippen LogP contribution in [0.4, 0.5) is 0 Å². The van der Waals surface area contributed by atoms with Crippen LogP contribution < -0.4 is 10.2 Å². The SMILES string of the molecule is COc1ccc(B(O)O)c(CN(C)CC2CCCO2)c1. The number of nitrogens with zero attached hydrogens (tertiary/aromatic N) is 1. The fraction of sp³-hybridized carbons (Fsp3) is 0.571. The van der Waals surface area contributed by atoms with Crippen molar-refractivity contribution in [3.63, 3.8) is 0 Å². The van der Waals surface area contributed by atoms with Gasteiger partial charge in [0.1, 0.15) is 5.75 Å². The molecule has 2 rings (SSSR count). The third-order valence-corrected chi connectivity index (χ3v) is 3.61. The zero-order chi connectivity index (χ0) is 14.5. The Morgan fingerprint density at radius 2 is 2.25 bits per heavy atom. The number of methoxy groups -OCH3 is 1. The average molecular weight is 279 g/mol.